The second-order valence-electron chi connectivity index (χ2n) is 12.0. The molecule has 0 N–H and O–H groups in total. The van der Waals surface area contributed by atoms with Crippen LogP contribution >= 0.6 is 0 Å². The summed E-state index contributed by atoms with van der Waals surface area (Å²) < 4.78 is 4.57. The number of benzene rings is 6. The molecule has 48 heavy (non-hydrogen) atoms. The summed E-state index contributed by atoms with van der Waals surface area (Å²) in [5.41, 5.74) is 14.3. The summed E-state index contributed by atoms with van der Waals surface area (Å²) in [4.78, 5) is 0. The first-order valence-electron chi connectivity index (χ1n) is 16.0. The maximum Gasteiger partial charge on any atom is 0.104 e. The van der Waals surface area contributed by atoms with Gasteiger partial charge in [-0.15, -0.1) is 0 Å². The van der Waals surface area contributed by atoms with Crippen LogP contribution in [0.3, 0.4) is 0 Å². The molecule has 0 radical (unpaired) electrons. The van der Waals surface area contributed by atoms with Crippen LogP contribution in [0.4, 0.5) is 0 Å². The smallest absolute Gasteiger partial charge is 0.104 e. The summed E-state index contributed by atoms with van der Waals surface area (Å²) in [6, 6.07) is 55.2. The zero-order valence-electron chi connectivity index (χ0n) is 25.9. The average molecular weight is 611 g/mol. The molecule has 0 unspecified atom stereocenters. The molecule has 0 saturated heterocycles. The molecular weight excluding hydrogens is 585 g/mol. The minimum Gasteiger partial charge on any atom is -0.309 e. The number of fused-ring (bicyclic) bond motifs is 6. The van der Waals surface area contributed by atoms with Crippen molar-refractivity contribution in [1.82, 2.24) is 9.13 Å². The van der Waals surface area contributed by atoms with Crippen molar-refractivity contribution in [3.05, 3.63) is 174 Å². The molecule has 4 nitrogen and oxygen atoms in total. The molecule has 4 heteroatoms. The van der Waals surface area contributed by atoms with Gasteiger partial charge in [-0.3, -0.25) is 0 Å². The van der Waals surface area contributed by atoms with Crippen LogP contribution < -0.4 is 0 Å². The van der Waals surface area contributed by atoms with Gasteiger partial charge in [0.25, 0.3) is 0 Å². The van der Waals surface area contributed by atoms with Gasteiger partial charge in [0, 0.05) is 55.9 Å². The van der Waals surface area contributed by atoms with E-state index in [0.29, 0.717) is 11.1 Å². The van der Waals surface area contributed by atoms with E-state index < -0.39 is 0 Å². The van der Waals surface area contributed by atoms with Crippen LogP contribution in [0.5, 0.6) is 0 Å². The Labute approximate surface area is 277 Å². The highest BCUT2D eigenvalue weighted by Crippen LogP contribution is 2.43. The standard InChI is InChI=1S/C44H26N4/c45-27-29-25-31(28-46)44(30-21-23-32(24-22-30)47-39-16-6-1-11-33(39)34-12-2-7-17-40(34)47)38(26-29)37-15-5-10-20-43(37)48-41-18-8-3-13-35(41)36-14-4-9-19-42(36)48/h1-24H,25H2. The maximum absolute atomic E-state index is 10.5. The monoisotopic (exact) mass is 610 g/mol. The van der Waals surface area contributed by atoms with Gasteiger partial charge in [0.15, 0.2) is 0 Å². The zero-order chi connectivity index (χ0) is 32.2. The second kappa shape index (κ2) is 10.9. The summed E-state index contributed by atoms with van der Waals surface area (Å²) in [6.45, 7) is 0. The normalized spacial score (nSPS) is 13.1. The number of nitriles is 2. The summed E-state index contributed by atoms with van der Waals surface area (Å²) >= 11 is 0. The number of aromatic nitrogens is 2. The highest BCUT2D eigenvalue weighted by atomic mass is 15.0. The Morgan fingerprint density at radius 3 is 1.50 bits per heavy atom. The third-order valence-electron chi connectivity index (χ3n) is 9.44. The van der Waals surface area contributed by atoms with Gasteiger partial charge in [-0.05, 0) is 48.0 Å². The zero-order valence-corrected chi connectivity index (χ0v) is 25.9. The van der Waals surface area contributed by atoms with Gasteiger partial charge in [0.1, 0.15) is 6.07 Å². The summed E-state index contributed by atoms with van der Waals surface area (Å²) in [5, 5.41) is 25.3. The molecule has 0 atom stereocenters. The summed E-state index contributed by atoms with van der Waals surface area (Å²) in [7, 11) is 0. The molecule has 0 fully saturated rings. The molecular formula is C44H26N4. The van der Waals surface area contributed by atoms with E-state index in [2.05, 4.69) is 160 Å². The lowest BCUT2D eigenvalue weighted by Gasteiger charge is -2.21. The van der Waals surface area contributed by atoms with E-state index in [1.165, 1.54) is 21.5 Å². The third-order valence-corrected chi connectivity index (χ3v) is 9.44. The lowest BCUT2D eigenvalue weighted by Crippen LogP contribution is -2.05. The molecule has 0 aliphatic heterocycles. The van der Waals surface area contributed by atoms with Crippen molar-refractivity contribution in [2.45, 2.75) is 6.42 Å². The largest absolute Gasteiger partial charge is 0.309 e. The van der Waals surface area contributed by atoms with E-state index in [4.69, 9.17) is 0 Å². The van der Waals surface area contributed by atoms with Crippen molar-refractivity contribution in [2.24, 2.45) is 0 Å². The average Bonchev–Trinajstić information content (AvgIpc) is 3.67. The number of nitrogens with zero attached hydrogens (tertiary/aromatic N) is 4. The molecule has 1 aliphatic carbocycles. The first kappa shape index (κ1) is 27.5. The predicted octanol–water partition coefficient (Wildman–Crippen LogP) is 10.7. The van der Waals surface area contributed by atoms with E-state index in [-0.39, 0.29) is 6.42 Å². The Hall–Kier alpha value is -6.84. The summed E-state index contributed by atoms with van der Waals surface area (Å²) in [6.07, 6.45) is 0.248. The van der Waals surface area contributed by atoms with Crippen LogP contribution in [0.15, 0.2) is 162 Å². The molecule has 2 aromatic heterocycles. The topological polar surface area (TPSA) is 57.4 Å². The van der Waals surface area contributed by atoms with Crippen molar-refractivity contribution in [3.63, 3.8) is 0 Å². The fourth-order valence-electron chi connectivity index (χ4n) is 7.40. The Bertz CT molecular complexity index is 2690. The quantitative estimate of drug-likeness (QED) is 0.186. The number of hydrogen-bond donors (Lipinski definition) is 0. The molecule has 0 saturated carbocycles. The molecule has 0 bridgehead atoms. The van der Waals surface area contributed by atoms with E-state index in [1.54, 1.807) is 0 Å². The van der Waals surface area contributed by atoms with Crippen molar-refractivity contribution in [2.75, 3.05) is 0 Å². The van der Waals surface area contributed by atoms with E-state index in [1.807, 2.05) is 12.1 Å². The minimum absolute atomic E-state index is 0.248. The first-order valence-corrected chi connectivity index (χ1v) is 16.0. The van der Waals surface area contributed by atoms with Crippen LogP contribution in [-0.4, -0.2) is 9.13 Å². The van der Waals surface area contributed by atoms with Crippen molar-refractivity contribution in [3.8, 4) is 23.5 Å². The molecule has 8 aromatic rings. The van der Waals surface area contributed by atoms with Gasteiger partial charge in [-0.25, -0.2) is 0 Å². The fourth-order valence-corrected chi connectivity index (χ4v) is 7.40. The molecule has 0 amide bonds. The number of allylic oxidation sites excluding steroid dienone is 3. The number of hydrogen-bond acceptors (Lipinski definition) is 2. The molecule has 2 heterocycles. The van der Waals surface area contributed by atoms with Crippen LogP contribution in [-0.2, 0) is 0 Å². The maximum atomic E-state index is 10.5. The molecule has 9 rings (SSSR count). The van der Waals surface area contributed by atoms with Gasteiger partial charge in [0.05, 0.1) is 39.4 Å². The van der Waals surface area contributed by atoms with E-state index in [9.17, 15) is 10.5 Å². The van der Waals surface area contributed by atoms with Crippen molar-refractivity contribution in [1.29, 1.82) is 10.5 Å². The van der Waals surface area contributed by atoms with Gasteiger partial charge >= 0.3 is 0 Å². The number of para-hydroxylation sites is 5. The Kier molecular flexibility index (Phi) is 6.24. The Morgan fingerprint density at radius 2 is 0.979 bits per heavy atom. The lowest BCUT2D eigenvalue weighted by molar-refractivity contribution is 1.16. The SMILES string of the molecule is N#CC1=C=C(c2ccccc2-n2c3ccccc3c3ccccc32)C(c2ccc(-n3c4ccccc4c4ccccc43)cc2)=C(C#N)C1. The van der Waals surface area contributed by atoms with Crippen LogP contribution in [0.1, 0.15) is 17.5 Å². The highest BCUT2D eigenvalue weighted by Gasteiger charge is 2.25. The van der Waals surface area contributed by atoms with Crippen LogP contribution in [0.2, 0.25) is 0 Å². The minimum atomic E-state index is 0.248. The predicted molar refractivity (Wildman–Crippen MR) is 195 cm³/mol. The first-order chi connectivity index (χ1) is 23.7. The van der Waals surface area contributed by atoms with Crippen LogP contribution in [0.25, 0.3) is 66.1 Å². The molecule has 0 spiro atoms. The third kappa shape index (κ3) is 4.08. The fraction of sp³-hybridized carbons (Fsp3) is 0.0227. The van der Waals surface area contributed by atoms with E-state index >= 15 is 0 Å². The van der Waals surface area contributed by atoms with Gasteiger partial charge < -0.3 is 9.13 Å². The molecule has 222 valence electrons. The van der Waals surface area contributed by atoms with Gasteiger partial charge in [-0.2, -0.15) is 10.5 Å². The Balaban J connectivity index is 1.25. The van der Waals surface area contributed by atoms with Gasteiger partial charge in [0.2, 0.25) is 0 Å². The van der Waals surface area contributed by atoms with Crippen LogP contribution in [0, 0.1) is 22.7 Å². The van der Waals surface area contributed by atoms with Gasteiger partial charge in [-0.1, -0.05) is 109 Å². The van der Waals surface area contributed by atoms with E-state index in [0.717, 1.165) is 55.7 Å². The van der Waals surface area contributed by atoms with Crippen molar-refractivity contribution < 1.29 is 0 Å². The van der Waals surface area contributed by atoms with Crippen molar-refractivity contribution >= 4 is 54.8 Å². The highest BCUT2D eigenvalue weighted by molar-refractivity contribution is 6.13. The lowest BCUT2D eigenvalue weighted by atomic mass is 9.83. The summed E-state index contributed by atoms with van der Waals surface area (Å²) in [5.74, 6) is 0. The number of rotatable bonds is 4. The second-order valence-corrected chi connectivity index (χ2v) is 12.0. The molecule has 6 aromatic carbocycles. The Morgan fingerprint density at radius 1 is 0.500 bits per heavy atom. The molecule has 1 aliphatic rings.